The van der Waals surface area contributed by atoms with E-state index in [4.69, 9.17) is 0 Å². The Morgan fingerprint density at radius 3 is 2.76 bits per heavy atom. The van der Waals surface area contributed by atoms with Gasteiger partial charge in [-0.25, -0.2) is 13.8 Å². The van der Waals surface area contributed by atoms with Gasteiger partial charge in [-0.05, 0) is 25.5 Å². The van der Waals surface area contributed by atoms with Crippen LogP contribution < -0.4 is 5.32 Å². The highest BCUT2D eigenvalue weighted by Gasteiger charge is 2.13. The second-order valence-electron chi connectivity index (χ2n) is 3.90. The van der Waals surface area contributed by atoms with E-state index in [1.807, 2.05) is 32.0 Å². The lowest BCUT2D eigenvalue weighted by atomic mass is 10.1. The Hall–Kier alpha value is -1.71. The Kier molecular flexibility index (Phi) is 3.22. The van der Waals surface area contributed by atoms with E-state index in [2.05, 4.69) is 10.3 Å². The Labute approximate surface area is 98.7 Å². The number of pyridine rings is 1. The maximum absolute atomic E-state index is 12.8. The van der Waals surface area contributed by atoms with Crippen LogP contribution in [-0.2, 0) is 0 Å². The molecule has 0 amide bonds. The van der Waals surface area contributed by atoms with Crippen LogP contribution in [-0.4, -0.2) is 11.5 Å². The monoisotopic (exact) mass is 236 g/mol. The molecule has 2 rings (SSSR count). The van der Waals surface area contributed by atoms with Gasteiger partial charge in [0.05, 0.1) is 5.52 Å². The highest BCUT2D eigenvalue weighted by Crippen LogP contribution is 2.29. The van der Waals surface area contributed by atoms with E-state index in [1.165, 1.54) is 6.07 Å². The van der Waals surface area contributed by atoms with Gasteiger partial charge in [0.1, 0.15) is 5.69 Å². The maximum atomic E-state index is 12.8. The van der Waals surface area contributed by atoms with Crippen LogP contribution >= 0.6 is 0 Å². The van der Waals surface area contributed by atoms with Crippen molar-refractivity contribution >= 4 is 16.6 Å². The average molecular weight is 236 g/mol. The quantitative estimate of drug-likeness (QED) is 0.873. The van der Waals surface area contributed by atoms with Crippen molar-refractivity contribution in [1.29, 1.82) is 0 Å². The molecule has 0 saturated carbocycles. The van der Waals surface area contributed by atoms with Crippen LogP contribution in [0, 0.1) is 6.92 Å². The zero-order chi connectivity index (χ0) is 12.4. The topological polar surface area (TPSA) is 24.9 Å². The van der Waals surface area contributed by atoms with Gasteiger partial charge >= 0.3 is 0 Å². The molecule has 2 aromatic rings. The van der Waals surface area contributed by atoms with Gasteiger partial charge < -0.3 is 5.32 Å². The molecule has 1 aromatic carbocycles. The number of para-hydroxylation sites is 1. The van der Waals surface area contributed by atoms with Crippen molar-refractivity contribution in [3.05, 3.63) is 35.5 Å². The minimum atomic E-state index is -2.54. The van der Waals surface area contributed by atoms with Gasteiger partial charge in [0.15, 0.2) is 0 Å². The zero-order valence-corrected chi connectivity index (χ0v) is 9.80. The number of alkyl halides is 2. The van der Waals surface area contributed by atoms with E-state index in [0.717, 1.165) is 16.6 Å². The highest BCUT2D eigenvalue weighted by molar-refractivity contribution is 5.93. The predicted molar refractivity (Wildman–Crippen MR) is 65.6 cm³/mol. The van der Waals surface area contributed by atoms with E-state index >= 15 is 0 Å². The molecular formula is C13H14F2N2. The summed E-state index contributed by atoms with van der Waals surface area (Å²) in [6, 6.07) is 7.10. The number of hydrogen-bond acceptors (Lipinski definition) is 2. The first kappa shape index (κ1) is 11.8. The van der Waals surface area contributed by atoms with Crippen LogP contribution in [0.2, 0.25) is 0 Å². The van der Waals surface area contributed by atoms with Gasteiger partial charge in [-0.15, -0.1) is 0 Å². The first-order valence-corrected chi connectivity index (χ1v) is 5.55. The molecule has 17 heavy (non-hydrogen) atoms. The van der Waals surface area contributed by atoms with Crippen LogP contribution in [0.1, 0.15) is 24.6 Å². The molecule has 0 atom stereocenters. The largest absolute Gasteiger partial charge is 0.385 e. The molecule has 1 N–H and O–H groups in total. The number of nitrogens with one attached hydrogen (secondary N) is 1. The number of aryl methyl sites for hydroxylation is 1. The fraction of sp³-hybridized carbons (Fsp3) is 0.308. The molecule has 0 bridgehead atoms. The highest BCUT2D eigenvalue weighted by atomic mass is 19.3. The zero-order valence-electron chi connectivity index (χ0n) is 9.80. The van der Waals surface area contributed by atoms with Gasteiger partial charge in [0.2, 0.25) is 0 Å². The Morgan fingerprint density at radius 2 is 2.12 bits per heavy atom. The molecule has 4 heteroatoms. The summed E-state index contributed by atoms with van der Waals surface area (Å²) in [4.78, 5) is 4.03. The van der Waals surface area contributed by atoms with Crippen LogP contribution in [0.5, 0.6) is 0 Å². The fourth-order valence-corrected chi connectivity index (χ4v) is 1.86. The Balaban J connectivity index is 2.72. The third kappa shape index (κ3) is 2.20. The van der Waals surface area contributed by atoms with Crippen LogP contribution in [0.4, 0.5) is 14.5 Å². The summed E-state index contributed by atoms with van der Waals surface area (Å²) in [5.74, 6) is 0. The van der Waals surface area contributed by atoms with Crippen LogP contribution in [0.15, 0.2) is 24.3 Å². The standard InChI is InChI=1S/C13H14F2N2/c1-3-16-10-7-11(13(14)15)17-12-8(2)5-4-6-9(10)12/h4-7,13H,3H2,1-2H3,(H,16,17). The van der Waals surface area contributed by atoms with E-state index < -0.39 is 6.43 Å². The van der Waals surface area contributed by atoms with Crippen molar-refractivity contribution in [3.63, 3.8) is 0 Å². The van der Waals surface area contributed by atoms with Gasteiger partial charge in [-0.2, -0.15) is 0 Å². The molecular weight excluding hydrogens is 222 g/mol. The molecule has 1 aromatic heterocycles. The smallest absolute Gasteiger partial charge is 0.280 e. The van der Waals surface area contributed by atoms with Crippen molar-refractivity contribution in [2.75, 3.05) is 11.9 Å². The molecule has 0 aliphatic carbocycles. The lowest BCUT2D eigenvalue weighted by molar-refractivity contribution is 0.146. The summed E-state index contributed by atoms with van der Waals surface area (Å²) < 4.78 is 25.5. The van der Waals surface area contributed by atoms with E-state index in [1.54, 1.807) is 0 Å². The number of halogens is 2. The van der Waals surface area contributed by atoms with Gasteiger partial charge in [-0.1, -0.05) is 18.2 Å². The molecule has 2 nitrogen and oxygen atoms in total. The second-order valence-corrected chi connectivity index (χ2v) is 3.90. The third-order valence-corrected chi connectivity index (χ3v) is 2.65. The molecule has 90 valence electrons. The lowest BCUT2D eigenvalue weighted by Crippen LogP contribution is -2.01. The number of anilines is 1. The first-order chi connectivity index (χ1) is 8.13. The predicted octanol–water partition coefficient (Wildman–Crippen LogP) is 3.91. The van der Waals surface area contributed by atoms with Crippen molar-refractivity contribution in [3.8, 4) is 0 Å². The summed E-state index contributed by atoms with van der Waals surface area (Å²) in [6.07, 6.45) is -2.54. The van der Waals surface area contributed by atoms with E-state index in [0.29, 0.717) is 12.1 Å². The van der Waals surface area contributed by atoms with Crippen molar-refractivity contribution < 1.29 is 8.78 Å². The summed E-state index contributed by atoms with van der Waals surface area (Å²) in [5, 5.41) is 3.99. The third-order valence-electron chi connectivity index (χ3n) is 2.65. The molecule has 0 radical (unpaired) electrons. The Bertz CT molecular complexity index is 538. The number of fused-ring (bicyclic) bond motifs is 1. The maximum Gasteiger partial charge on any atom is 0.280 e. The summed E-state index contributed by atoms with van der Waals surface area (Å²) in [6.45, 7) is 4.50. The summed E-state index contributed by atoms with van der Waals surface area (Å²) >= 11 is 0. The molecule has 1 heterocycles. The fourth-order valence-electron chi connectivity index (χ4n) is 1.86. The summed E-state index contributed by atoms with van der Waals surface area (Å²) in [5.41, 5.74) is 2.09. The molecule has 0 spiro atoms. The molecule has 0 saturated heterocycles. The van der Waals surface area contributed by atoms with E-state index in [9.17, 15) is 8.78 Å². The number of nitrogens with zero attached hydrogens (tertiary/aromatic N) is 1. The SMILES string of the molecule is CCNc1cc(C(F)F)nc2c(C)cccc12. The molecule has 0 fully saturated rings. The van der Waals surface area contributed by atoms with Gasteiger partial charge in [0, 0.05) is 17.6 Å². The number of hydrogen-bond donors (Lipinski definition) is 1. The van der Waals surface area contributed by atoms with Crippen molar-refractivity contribution in [2.45, 2.75) is 20.3 Å². The second kappa shape index (κ2) is 4.65. The average Bonchev–Trinajstić information content (AvgIpc) is 2.30. The van der Waals surface area contributed by atoms with Gasteiger partial charge in [-0.3, -0.25) is 0 Å². The summed E-state index contributed by atoms with van der Waals surface area (Å²) in [7, 11) is 0. The molecule has 0 unspecified atom stereocenters. The first-order valence-electron chi connectivity index (χ1n) is 5.55. The van der Waals surface area contributed by atoms with Gasteiger partial charge in [0.25, 0.3) is 6.43 Å². The minimum Gasteiger partial charge on any atom is -0.385 e. The number of rotatable bonds is 3. The molecule has 0 aliphatic heterocycles. The normalized spacial score (nSPS) is 11.1. The van der Waals surface area contributed by atoms with Crippen LogP contribution in [0.3, 0.4) is 0 Å². The van der Waals surface area contributed by atoms with Crippen molar-refractivity contribution in [1.82, 2.24) is 4.98 Å². The minimum absolute atomic E-state index is 0.178. The van der Waals surface area contributed by atoms with E-state index in [-0.39, 0.29) is 5.69 Å². The van der Waals surface area contributed by atoms with Crippen molar-refractivity contribution in [2.24, 2.45) is 0 Å². The number of benzene rings is 1. The number of aromatic nitrogens is 1. The lowest BCUT2D eigenvalue weighted by Gasteiger charge is -2.11. The Morgan fingerprint density at radius 1 is 1.35 bits per heavy atom. The molecule has 0 aliphatic rings. The van der Waals surface area contributed by atoms with Crippen LogP contribution in [0.25, 0.3) is 10.9 Å².